The molecule has 2 nitrogen and oxygen atoms in total. The molecule has 0 spiro atoms. The van der Waals surface area contributed by atoms with Crippen molar-refractivity contribution in [3.05, 3.63) is 22.9 Å². The highest BCUT2D eigenvalue weighted by Crippen LogP contribution is 2.03. The molecule has 0 saturated carbocycles. The molecule has 0 aromatic heterocycles. The van der Waals surface area contributed by atoms with E-state index in [1.165, 1.54) is 11.1 Å². The van der Waals surface area contributed by atoms with Gasteiger partial charge >= 0.3 is 0 Å². The third-order valence-electron chi connectivity index (χ3n) is 2.12. The summed E-state index contributed by atoms with van der Waals surface area (Å²) in [6.07, 6.45) is 2.85. The van der Waals surface area contributed by atoms with Crippen molar-refractivity contribution in [1.29, 1.82) is 0 Å². The SMILES string of the molecule is CCC(C)=CN=C(N)C(C)=C(C)C. The van der Waals surface area contributed by atoms with Gasteiger partial charge in [0.15, 0.2) is 0 Å². The van der Waals surface area contributed by atoms with Gasteiger partial charge in [0.25, 0.3) is 0 Å². The molecule has 0 aromatic carbocycles. The van der Waals surface area contributed by atoms with E-state index in [0.29, 0.717) is 5.84 Å². The molecular formula is C11H20N2. The quantitative estimate of drug-likeness (QED) is 0.526. The van der Waals surface area contributed by atoms with Crippen molar-refractivity contribution in [2.45, 2.75) is 41.0 Å². The highest BCUT2D eigenvalue weighted by atomic mass is 14.8. The smallest absolute Gasteiger partial charge is 0.126 e. The van der Waals surface area contributed by atoms with Crippen LogP contribution in [-0.2, 0) is 0 Å². The molecule has 2 N–H and O–H groups in total. The largest absolute Gasteiger partial charge is 0.383 e. The molecule has 0 amide bonds. The van der Waals surface area contributed by atoms with Crippen LogP contribution in [0.1, 0.15) is 41.0 Å². The van der Waals surface area contributed by atoms with Crippen LogP contribution in [0, 0.1) is 0 Å². The van der Waals surface area contributed by atoms with E-state index in [1.807, 2.05) is 27.0 Å². The van der Waals surface area contributed by atoms with Gasteiger partial charge in [0.2, 0.25) is 0 Å². The Hall–Kier alpha value is -1.05. The lowest BCUT2D eigenvalue weighted by Crippen LogP contribution is -2.13. The monoisotopic (exact) mass is 180 g/mol. The van der Waals surface area contributed by atoms with Gasteiger partial charge in [-0.15, -0.1) is 0 Å². The van der Waals surface area contributed by atoms with Crippen LogP contribution < -0.4 is 5.73 Å². The second-order valence-corrected chi connectivity index (χ2v) is 3.47. The van der Waals surface area contributed by atoms with Gasteiger partial charge in [-0.25, -0.2) is 4.99 Å². The van der Waals surface area contributed by atoms with Crippen LogP contribution >= 0.6 is 0 Å². The molecule has 0 fully saturated rings. The molecule has 0 radical (unpaired) electrons. The zero-order chi connectivity index (χ0) is 10.4. The Morgan fingerprint density at radius 3 is 2.15 bits per heavy atom. The molecule has 0 aliphatic heterocycles. The Kier molecular flexibility index (Phi) is 5.12. The van der Waals surface area contributed by atoms with E-state index >= 15 is 0 Å². The predicted molar refractivity (Wildman–Crippen MR) is 59.7 cm³/mol. The summed E-state index contributed by atoms with van der Waals surface area (Å²) in [4.78, 5) is 4.19. The summed E-state index contributed by atoms with van der Waals surface area (Å²) in [5.74, 6) is 0.618. The molecular weight excluding hydrogens is 160 g/mol. The third kappa shape index (κ3) is 4.51. The van der Waals surface area contributed by atoms with Crippen LogP contribution in [0.15, 0.2) is 27.9 Å². The summed E-state index contributed by atoms with van der Waals surface area (Å²) >= 11 is 0. The number of amidine groups is 1. The van der Waals surface area contributed by atoms with Gasteiger partial charge < -0.3 is 5.73 Å². The second kappa shape index (κ2) is 5.57. The summed E-state index contributed by atoms with van der Waals surface area (Å²) in [5, 5.41) is 0. The standard InChI is InChI=1S/C11H20N2/c1-6-9(4)7-13-11(12)10(5)8(2)3/h7H,6H2,1-5H3,(H2,12,13). The lowest BCUT2D eigenvalue weighted by Gasteiger charge is -2.01. The first-order valence-electron chi connectivity index (χ1n) is 4.62. The molecule has 74 valence electrons. The lowest BCUT2D eigenvalue weighted by atomic mass is 10.1. The highest BCUT2D eigenvalue weighted by Gasteiger charge is 1.95. The number of aliphatic imine (C=N–C) groups is 1. The minimum atomic E-state index is 0.618. The van der Waals surface area contributed by atoms with Crippen molar-refractivity contribution < 1.29 is 0 Å². The van der Waals surface area contributed by atoms with Crippen molar-refractivity contribution >= 4 is 5.84 Å². The first-order chi connectivity index (χ1) is 5.99. The molecule has 0 aliphatic carbocycles. The van der Waals surface area contributed by atoms with Crippen LogP contribution in [-0.4, -0.2) is 5.84 Å². The normalized spacial score (nSPS) is 13.0. The van der Waals surface area contributed by atoms with Gasteiger partial charge in [0.05, 0.1) is 0 Å². The van der Waals surface area contributed by atoms with E-state index in [2.05, 4.69) is 18.8 Å². The average Bonchev–Trinajstić information content (AvgIpc) is 2.11. The van der Waals surface area contributed by atoms with E-state index < -0.39 is 0 Å². The van der Waals surface area contributed by atoms with Gasteiger partial charge in [-0.1, -0.05) is 18.1 Å². The maximum Gasteiger partial charge on any atom is 0.126 e. The molecule has 0 aromatic rings. The Morgan fingerprint density at radius 1 is 1.23 bits per heavy atom. The van der Waals surface area contributed by atoms with Crippen molar-refractivity contribution in [1.82, 2.24) is 0 Å². The molecule has 0 rings (SSSR count). The summed E-state index contributed by atoms with van der Waals surface area (Å²) in [5.41, 5.74) is 9.29. The van der Waals surface area contributed by atoms with Crippen LogP contribution in [0.5, 0.6) is 0 Å². The first-order valence-corrected chi connectivity index (χ1v) is 4.62. The number of rotatable bonds is 3. The number of hydrogen-bond donors (Lipinski definition) is 1. The Labute approximate surface area is 81.2 Å². The van der Waals surface area contributed by atoms with Crippen molar-refractivity contribution in [3.63, 3.8) is 0 Å². The number of allylic oxidation sites excluding steroid dienone is 2. The summed E-state index contributed by atoms with van der Waals surface area (Å²) in [7, 11) is 0. The van der Waals surface area contributed by atoms with E-state index in [0.717, 1.165) is 12.0 Å². The fraction of sp³-hybridized carbons (Fsp3) is 0.545. The van der Waals surface area contributed by atoms with Crippen LogP contribution in [0.3, 0.4) is 0 Å². The van der Waals surface area contributed by atoms with Gasteiger partial charge in [-0.05, 0) is 39.7 Å². The van der Waals surface area contributed by atoms with Crippen molar-refractivity contribution in [2.24, 2.45) is 10.7 Å². The Bertz CT molecular complexity index is 253. The summed E-state index contributed by atoms with van der Waals surface area (Å²) in [6.45, 7) is 10.2. The predicted octanol–water partition coefficient (Wildman–Crippen LogP) is 3.01. The second-order valence-electron chi connectivity index (χ2n) is 3.47. The minimum Gasteiger partial charge on any atom is -0.383 e. The van der Waals surface area contributed by atoms with E-state index in [4.69, 9.17) is 5.73 Å². The molecule has 0 bridgehead atoms. The topological polar surface area (TPSA) is 38.4 Å². The molecule has 13 heavy (non-hydrogen) atoms. The van der Waals surface area contributed by atoms with E-state index in [1.54, 1.807) is 0 Å². The number of nitrogens with two attached hydrogens (primary N) is 1. The zero-order valence-electron chi connectivity index (χ0n) is 9.31. The maximum absolute atomic E-state index is 5.77. The van der Waals surface area contributed by atoms with Crippen LogP contribution in [0.4, 0.5) is 0 Å². The Balaban J connectivity index is 4.61. The van der Waals surface area contributed by atoms with E-state index in [-0.39, 0.29) is 0 Å². The fourth-order valence-corrected chi connectivity index (χ4v) is 0.624. The fourth-order valence-electron chi connectivity index (χ4n) is 0.624. The van der Waals surface area contributed by atoms with E-state index in [9.17, 15) is 0 Å². The first kappa shape index (κ1) is 11.9. The maximum atomic E-state index is 5.77. The van der Waals surface area contributed by atoms with Gasteiger partial charge in [-0.3, -0.25) is 0 Å². The molecule has 0 heterocycles. The molecule has 2 heteroatoms. The third-order valence-corrected chi connectivity index (χ3v) is 2.12. The molecule has 0 saturated heterocycles. The average molecular weight is 180 g/mol. The highest BCUT2D eigenvalue weighted by molar-refractivity contribution is 5.97. The van der Waals surface area contributed by atoms with Gasteiger partial charge in [-0.2, -0.15) is 0 Å². The number of hydrogen-bond acceptors (Lipinski definition) is 1. The lowest BCUT2D eigenvalue weighted by molar-refractivity contribution is 1.08. The Morgan fingerprint density at radius 2 is 1.77 bits per heavy atom. The summed E-state index contributed by atoms with van der Waals surface area (Å²) < 4.78 is 0. The molecule has 0 atom stereocenters. The zero-order valence-corrected chi connectivity index (χ0v) is 9.31. The minimum absolute atomic E-state index is 0.618. The summed E-state index contributed by atoms with van der Waals surface area (Å²) in [6, 6.07) is 0. The van der Waals surface area contributed by atoms with Crippen LogP contribution in [0.25, 0.3) is 0 Å². The van der Waals surface area contributed by atoms with Gasteiger partial charge in [0.1, 0.15) is 5.84 Å². The molecule has 0 unspecified atom stereocenters. The van der Waals surface area contributed by atoms with Crippen molar-refractivity contribution in [3.8, 4) is 0 Å². The molecule has 0 aliphatic rings. The van der Waals surface area contributed by atoms with Crippen LogP contribution in [0.2, 0.25) is 0 Å². The van der Waals surface area contributed by atoms with Crippen molar-refractivity contribution in [2.75, 3.05) is 0 Å². The number of nitrogens with zero attached hydrogens (tertiary/aromatic N) is 1. The van der Waals surface area contributed by atoms with Gasteiger partial charge in [0, 0.05) is 6.20 Å².